The summed E-state index contributed by atoms with van der Waals surface area (Å²) in [6.45, 7) is 2.40. The molecule has 3 atom stereocenters. The molecule has 1 saturated heterocycles. The van der Waals surface area contributed by atoms with Gasteiger partial charge in [-0.25, -0.2) is 4.99 Å². The minimum absolute atomic E-state index is 0. The number of ether oxygens (including phenoxy) is 1. The first-order chi connectivity index (χ1) is 14.4. The van der Waals surface area contributed by atoms with E-state index >= 15 is 0 Å². The van der Waals surface area contributed by atoms with Crippen molar-refractivity contribution in [3.05, 3.63) is 60.1 Å². The Bertz CT molecular complexity index is 818. The number of nitrogens with one attached hydrogen (secondary N) is 2. The van der Waals surface area contributed by atoms with Crippen LogP contribution in [0.15, 0.2) is 58.1 Å². The van der Waals surface area contributed by atoms with E-state index < -0.39 is 0 Å². The van der Waals surface area contributed by atoms with E-state index in [0.717, 1.165) is 31.3 Å². The van der Waals surface area contributed by atoms with Crippen LogP contribution in [0.3, 0.4) is 0 Å². The molecule has 3 fully saturated rings. The summed E-state index contributed by atoms with van der Waals surface area (Å²) >= 11 is 0. The molecule has 0 bridgehead atoms. The second-order valence-corrected chi connectivity index (χ2v) is 8.71. The van der Waals surface area contributed by atoms with Gasteiger partial charge in [0.1, 0.15) is 5.76 Å². The zero-order valence-electron chi connectivity index (χ0n) is 17.4. The van der Waals surface area contributed by atoms with Crippen molar-refractivity contribution >= 4 is 29.9 Å². The maximum Gasteiger partial charge on any atom is 0.191 e. The third kappa shape index (κ3) is 4.26. The van der Waals surface area contributed by atoms with Crippen LogP contribution < -0.4 is 10.6 Å². The number of guanidine groups is 1. The maximum atomic E-state index is 6.15. The van der Waals surface area contributed by atoms with Gasteiger partial charge < -0.3 is 19.8 Å². The Hall–Kier alpha value is -1.54. The third-order valence-electron chi connectivity index (χ3n) is 7.08. The SMILES string of the molecule is I.c1ccc(CN=C(NCCc2ccco2)NC2C3CCOC3C23CCCC3)cc1. The molecule has 162 valence electrons. The van der Waals surface area contributed by atoms with Crippen LogP contribution in [0.25, 0.3) is 0 Å². The third-order valence-corrected chi connectivity index (χ3v) is 7.08. The van der Waals surface area contributed by atoms with Crippen molar-refractivity contribution in [2.24, 2.45) is 16.3 Å². The van der Waals surface area contributed by atoms with Crippen LogP contribution in [0.5, 0.6) is 0 Å². The van der Waals surface area contributed by atoms with E-state index in [0.29, 0.717) is 30.0 Å². The summed E-state index contributed by atoms with van der Waals surface area (Å²) in [6.07, 6.45) is 9.43. The molecule has 1 aromatic carbocycles. The molecule has 2 heterocycles. The van der Waals surface area contributed by atoms with Gasteiger partial charge in [-0.3, -0.25) is 0 Å². The largest absolute Gasteiger partial charge is 0.469 e. The summed E-state index contributed by atoms with van der Waals surface area (Å²) in [4.78, 5) is 4.93. The van der Waals surface area contributed by atoms with Crippen LogP contribution >= 0.6 is 24.0 Å². The molecule has 1 aliphatic heterocycles. The lowest BCUT2D eigenvalue weighted by Crippen LogP contribution is -2.69. The summed E-state index contributed by atoms with van der Waals surface area (Å²) in [6, 6.07) is 14.9. The predicted octanol–water partition coefficient (Wildman–Crippen LogP) is 4.52. The molecule has 30 heavy (non-hydrogen) atoms. The van der Waals surface area contributed by atoms with Crippen molar-refractivity contribution < 1.29 is 9.15 Å². The molecular weight excluding hydrogens is 489 g/mol. The van der Waals surface area contributed by atoms with Gasteiger partial charge in [-0.1, -0.05) is 43.2 Å². The first-order valence-corrected chi connectivity index (χ1v) is 11.1. The lowest BCUT2D eigenvalue weighted by atomic mass is 9.54. The molecule has 1 aromatic heterocycles. The van der Waals surface area contributed by atoms with Crippen LogP contribution in [-0.4, -0.2) is 31.3 Å². The van der Waals surface area contributed by atoms with E-state index in [1.165, 1.54) is 37.7 Å². The Morgan fingerprint density at radius 1 is 1.10 bits per heavy atom. The Morgan fingerprint density at radius 2 is 1.93 bits per heavy atom. The molecule has 3 aliphatic rings. The number of aliphatic imine (C=N–C) groups is 1. The van der Waals surface area contributed by atoms with E-state index in [2.05, 4.69) is 34.9 Å². The molecular formula is C24H32IN3O2. The van der Waals surface area contributed by atoms with Crippen LogP contribution in [-0.2, 0) is 17.7 Å². The second-order valence-electron chi connectivity index (χ2n) is 8.71. The molecule has 2 aromatic rings. The highest BCUT2D eigenvalue weighted by atomic mass is 127. The molecule has 6 heteroatoms. The van der Waals surface area contributed by atoms with Crippen molar-refractivity contribution in [3.63, 3.8) is 0 Å². The summed E-state index contributed by atoms with van der Waals surface area (Å²) in [5.41, 5.74) is 1.54. The standard InChI is InChI=1S/C24H31N3O2.HI/c1-2-7-18(8-3-1)17-26-23(25-14-10-19-9-6-15-28-19)27-21-20-11-16-29-22(20)24(21)12-4-5-13-24;/h1-3,6-9,15,20-22H,4-5,10-14,16-17H2,(H2,25,26,27);1H. The lowest BCUT2D eigenvalue weighted by Gasteiger charge is -2.57. The van der Waals surface area contributed by atoms with E-state index in [-0.39, 0.29) is 24.0 Å². The number of hydrogen-bond donors (Lipinski definition) is 2. The lowest BCUT2D eigenvalue weighted by molar-refractivity contribution is -0.125. The van der Waals surface area contributed by atoms with Crippen molar-refractivity contribution in [2.75, 3.05) is 13.2 Å². The topological polar surface area (TPSA) is 58.8 Å². The normalized spacial score (nSPS) is 26.7. The van der Waals surface area contributed by atoms with E-state index in [1.807, 2.05) is 18.2 Å². The van der Waals surface area contributed by atoms with E-state index in [4.69, 9.17) is 14.1 Å². The number of benzene rings is 1. The van der Waals surface area contributed by atoms with E-state index in [9.17, 15) is 0 Å². The average Bonchev–Trinajstić information content (AvgIpc) is 3.51. The zero-order valence-corrected chi connectivity index (χ0v) is 19.7. The molecule has 5 nitrogen and oxygen atoms in total. The van der Waals surface area contributed by atoms with Gasteiger partial charge in [0.2, 0.25) is 0 Å². The highest BCUT2D eigenvalue weighted by Crippen LogP contribution is 2.60. The van der Waals surface area contributed by atoms with Gasteiger partial charge in [-0.05, 0) is 37.0 Å². The van der Waals surface area contributed by atoms with Crippen molar-refractivity contribution in [2.45, 2.75) is 57.2 Å². The van der Waals surface area contributed by atoms with Gasteiger partial charge in [-0.15, -0.1) is 24.0 Å². The van der Waals surface area contributed by atoms with Crippen LogP contribution in [0.2, 0.25) is 0 Å². The number of hydrogen-bond acceptors (Lipinski definition) is 3. The number of rotatable bonds is 6. The number of nitrogens with zero attached hydrogens (tertiary/aromatic N) is 1. The minimum atomic E-state index is 0. The monoisotopic (exact) mass is 521 g/mol. The van der Waals surface area contributed by atoms with Gasteiger partial charge in [-0.2, -0.15) is 0 Å². The van der Waals surface area contributed by atoms with Crippen molar-refractivity contribution in [3.8, 4) is 0 Å². The first kappa shape index (κ1) is 21.7. The average molecular weight is 521 g/mol. The summed E-state index contributed by atoms with van der Waals surface area (Å²) in [7, 11) is 0. The fourth-order valence-electron chi connectivity index (χ4n) is 5.72. The molecule has 0 amide bonds. The Labute approximate surface area is 196 Å². The van der Waals surface area contributed by atoms with Gasteiger partial charge in [0, 0.05) is 36.9 Å². The molecule has 2 N–H and O–H groups in total. The molecule has 3 unspecified atom stereocenters. The zero-order chi connectivity index (χ0) is 19.5. The molecule has 5 rings (SSSR count). The van der Waals surface area contributed by atoms with Gasteiger partial charge >= 0.3 is 0 Å². The molecule has 0 radical (unpaired) electrons. The van der Waals surface area contributed by atoms with Crippen molar-refractivity contribution in [1.82, 2.24) is 10.6 Å². The highest BCUT2D eigenvalue weighted by Gasteiger charge is 2.65. The second kappa shape index (κ2) is 9.73. The summed E-state index contributed by atoms with van der Waals surface area (Å²) in [5, 5.41) is 7.39. The van der Waals surface area contributed by atoms with Gasteiger partial charge in [0.05, 0.1) is 18.9 Å². The Morgan fingerprint density at radius 3 is 2.70 bits per heavy atom. The maximum absolute atomic E-state index is 6.15. The summed E-state index contributed by atoms with van der Waals surface area (Å²) < 4.78 is 11.6. The Kier molecular flexibility index (Phi) is 7.03. The minimum Gasteiger partial charge on any atom is -0.469 e. The van der Waals surface area contributed by atoms with Gasteiger partial charge in [0.15, 0.2) is 5.96 Å². The highest BCUT2D eigenvalue weighted by molar-refractivity contribution is 14.0. The summed E-state index contributed by atoms with van der Waals surface area (Å²) in [5.74, 6) is 2.55. The quantitative estimate of drug-likeness (QED) is 0.334. The van der Waals surface area contributed by atoms with Gasteiger partial charge in [0.25, 0.3) is 0 Å². The Balaban J connectivity index is 0.00000218. The first-order valence-electron chi connectivity index (χ1n) is 11.1. The molecule has 1 spiro atoms. The molecule has 2 aliphatic carbocycles. The van der Waals surface area contributed by atoms with Crippen LogP contribution in [0.1, 0.15) is 43.4 Å². The number of fused-ring (bicyclic) bond motifs is 2. The molecule has 2 saturated carbocycles. The van der Waals surface area contributed by atoms with E-state index in [1.54, 1.807) is 6.26 Å². The fourth-order valence-corrected chi connectivity index (χ4v) is 5.72. The number of furan rings is 1. The van der Waals surface area contributed by atoms with Crippen molar-refractivity contribution in [1.29, 1.82) is 0 Å². The number of halogens is 1. The smallest absolute Gasteiger partial charge is 0.191 e. The predicted molar refractivity (Wildman–Crippen MR) is 129 cm³/mol. The fraction of sp³-hybridized carbons (Fsp3) is 0.542. The van der Waals surface area contributed by atoms with Crippen LogP contribution in [0.4, 0.5) is 0 Å². The van der Waals surface area contributed by atoms with Crippen LogP contribution in [0, 0.1) is 11.3 Å².